The number of aliphatic hydroxyl groups is 1. The number of aryl methyl sites for hydroxylation is 1. The minimum atomic E-state index is -1.41. The number of ether oxygens (including phenoxy) is 1. The van der Waals surface area contributed by atoms with Crippen LogP contribution in [0.1, 0.15) is 67.9 Å². The summed E-state index contributed by atoms with van der Waals surface area (Å²) >= 11 is 0. The highest BCUT2D eigenvalue weighted by Gasteiger charge is 2.16. The van der Waals surface area contributed by atoms with Gasteiger partial charge in [0, 0.05) is 35.9 Å². The number of H-pyrrole nitrogens is 1. The number of furan rings is 1. The fourth-order valence-electron chi connectivity index (χ4n) is 4.55. The van der Waals surface area contributed by atoms with Crippen LogP contribution in [0.3, 0.4) is 0 Å². The van der Waals surface area contributed by atoms with Gasteiger partial charge in [-0.25, -0.2) is 9.59 Å². The zero-order chi connectivity index (χ0) is 30.8. The summed E-state index contributed by atoms with van der Waals surface area (Å²) < 4.78 is 11.1. The predicted molar refractivity (Wildman–Crippen MR) is 163 cm³/mol. The summed E-state index contributed by atoms with van der Waals surface area (Å²) in [7, 11) is 2.14. The molecule has 42 heavy (non-hydrogen) atoms. The Morgan fingerprint density at radius 1 is 1.07 bits per heavy atom. The first-order valence-electron chi connectivity index (χ1n) is 14.1. The quantitative estimate of drug-likeness (QED) is 0.168. The highest BCUT2D eigenvalue weighted by Crippen LogP contribution is 2.29. The standard InChI is InChI=1S/C24H34N4O3.C8H8O3/c1-15(2)23-18(14-25-27-23)9-11-28(6)12-10-20-17(5)31-22-8-7-19(13-21(20)22)26-24(29)30-16(3)4;9-7(8(10)11)6-4-2-1-3-5-6/h7-8,13-16H,9-12H2,1-6H3,(H,25,27)(H,26,29);1-5,7,9H,(H,10,11). The largest absolute Gasteiger partial charge is 0.479 e. The van der Waals surface area contributed by atoms with Gasteiger partial charge in [0.25, 0.3) is 0 Å². The van der Waals surface area contributed by atoms with Crippen molar-refractivity contribution in [2.75, 3.05) is 25.5 Å². The summed E-state index contributed by atoms with van der Waals surface area (Å²) in [6.07, 6.45) is 1.84. The number of nitrogens with one attached hydrogen (secondary N) is 2. The molecular formula is C32H42N4O6. The number of carbonyl (C=O) groups is 2. The average Bonchev–Trinajstić information content (AvgIpc) is 3.54. The van der Waals surface area contributed by atoms with Crippen molar-refractivity contribution in [1.82, 2.24) is 15.1 Å². The Hall–Kier alpha value is -4.15. The van der Waals surface area contributed by atoms with Crippen molar-refractivity contribution in [2.24, 2.45) is 0 Å². The molecule has 2 aromatic heterocycles. The van der Waals surface area contributed by atoms with Gasteiger partial charge in [0.05, 0.1) is 11.8 Å². The van der Waals surface area contributed by atoms with Gasteiger partial charge in [-0.05, 0) is 75.9 Å². The van der Waals surface area contributed by atoms with E-state index in [-0.39, 0.29) is 6.10 Å². The third-order valence-corrected chi connectivity index (χ3v) is 6.74. The lowest BCUT2D eigenvalue weighted by atomic mass is 10.0. The summed E-state index contributed by atoms with van der Waals surface area (Å²) in [6, 6.07) is 14.0. The normalized spacial score (nSPS) is 12.0. The SMILES string of the molecule is Cc1oc2ccc(NC(=O)OC(C)C)cc2c1CCN(C)CCc1c[nH]nc1C(C)C.O=C(O)C(O)c1ccccc1. The molecule has 0 aliphatic heterocycles. The van der Waals surface area contributed by atoms with Gasteiger partial charge >= 0.3 is 12.1 Å². The summed E-state index contributed by atoms with van der Waals surface area (Å²) in [5.74, 6) is 0.116. The van der Waals surface area contributed by atoms with Crippen LogP contribution in [0.15, 0.2) is 59.1 Å². The maximum Gasteiger partial charge on any atom is 0.411 e. The Morgan fingerprint density at radius 2 is 1.76 bits per heavy atom. The summed E-state index contributed by atoms with van der Waals surface area (Å²) in [5.41, 5.74) is 5.55. The summed E-state index contributed by atoms with van der Waals surface area (Å²) in [6.45, 7) is 11.9. The summed E-state index contributed by atoms with van der Waals surface area (Å²) in [4.78, 5) is 24.5. The van der Waals surface area contributed by atoms with Gasteiger partial charge in [-0.1, -0.05) is 44.2 Å². The number of benzene rings is 2. The monoisotopic (exact) mass is 578 g/mol. The number of carbonyl (C=O) groups excluding carboxylic acids is 1. The molecule has 1 unspecified atom stereocenters. The second-order valence-electron chi connectivity index (χ2n) is 10.8. The zero-order valence-corrected chi connectivity index (χ0v) is 25.2. The number of hydrogen-bond donors (Lipinski definition) is 4. The maximum atomic E-state index is 11.9. The molecule has 0 aliphatic carbocycles. The number of amides is 1. The van der Waals surface area contributed by atoms with Gasteiger partial charge in [-0.3, -0.25) is 10.4 Å². The number of carboxylic acids is 1. The molecule has 10 heteroatoms. The maximum absolute atomic E-state index is 11.9. The molecule has 2 aromatic carbocycles. The van der Waals surface area contributed by atoms with E-state index in [4.69, 9.17) is 19.4 Å². The van der Waals surface area contributed by atoms with Crippen LogP contribution in [0.25, 0.3) is 11.0 Å². The van der Waals surface area contributed by atoms with E-state index in [1.54, 1.807) is 30.3 Å². The lowest BCUT2D eigenvalue weighted by molar-refractivity contribution is -0.146. The van der Waals surface area contributed by atoms with Crippen LogP contribution in [0.2, 0.25) is 0 Å². The van der Waals surface area contributed by atoms with E-state index in [0.717, 1.165) is 48.4 Å². The molecule has 0 bridgehead atoms. The molecule has 0 aliphatic rings. The number of fused-ring (bicyclic) bond motifs is 1. The molecule has 226 valence electrons. The third kappa shape index (κ3) is 9.19. The van der Waals surface area contributed by atoms with Crippen LogP contribution >= 0.6 is 0 Å². The number of aliphatic hydroxyl groups excluding tert-OH is 1. The van der Waals surface area contributed by atoms with Gasteiger partial charge in [-0.2, -0.15) is 5.10 Å². The number of hydrogen-bond acceptors (Lipinski definition) is 7. The fraction of sp³-hybridized carbons (Fsp3) is 0.406. The molecule has 0 saturated carbocycles. The van der Waals surface area contributed by atoms with Gasteiger partial charge in [0.15, 0.2) is 6.10 Å². The van der Waals surface area contributed by atoms with Crippen molar-refractivity contribution in [3.8, 4) is 0 Å². The molecule has 0 spiro atoms. The zero-order valence-electron chi connectivity index (χ0n) is 25.2. The Kier molecular flexibility index (Phi) is 11.7. The lowest BCUT2D eigenvalue weighted by Gasteiger charge is -2.17. The Morgan fingerprint density at radius 3 is 2.40 bits per heavy atom. The minimum absolute atomic E-state index is 0.162. The second-order valence-corrected chi connectivity index (χ2v) is 10.8. The van der Waals surface area contributed by atoms with Crippen molar-refractivity contribution in [2.45, 2.75) is 65.6 Å². The smallest absolute Gasteiger partial charge is 0.411 e. The number of aliphatic carboxylic acids is 1. The van der Waals surface area contributed by atoms with Crippen LogP contribution in [0, 0.1) is 6.92 Å². The molecule has 0 saturated heterocycles. The Labute approximate surface area is 246 Å². The van der Waals surface area contributed by atoms with E-state index in [1.807, 2.05) is 45.2 Å². The van der Waals surface area contributed by atoms with Gasteiger partial charge < -0.3 is 24.3 Å². The predicted octanol–water partition coefficient (Wildman–Crippen LogP) is 6.07. The van der Waals surface area contributed by atoms with Crippen molar-refractivity contribution < 1.29 is 29.0 Å². The first kappa shape index (κ1) is 32.4. The third-order valence-electron chi connectivity index (χ3n) is 6.74. The molecule has 0 fully saturated rings. The van der Waals surface area contributed by atoms with E-state index in [2.05, 4.69) is 41.3 Å². The lowest BCUT2D eigenvalue weighted by Crippen LogP contribution is -2.24. The van der Waals surface area contributed by atoms with Crippen molar-refractivity contribution in [3.05, 3.63) is 82.9 Å². The molecule has 4 aromatic rings. The number of aromatic amines is 1. The molecule has 10 nitrogen and oxygen atoms in total. The Bertz CT molecular complexity index is 1440. The molecule has 0 radical (unpaired) electrons. The van der Waals surface area contributed by atoms with Crippen molar-refractivity contribution in [3.63, 3.8) is 0 Å². The van der Waals surface area contributed by atoms with Crippen molar-refractivity contribution >= 4 is 28.7 Å². The van der Waals surface area contributed by atoms with E-state index in [1.165, 1.54) is 11.1 Å². The molecule has 4 rings (SSSR count). The van der Waals surface area contributed by atoms with Gasteiger partial charge in [-0.15, -0.1) is 0 Å². The highest BCUT2D eigenvalue weighted by atomic mass is 16.6. The van der Waals surface area contributed by atoms with Gasteiger partial charge in [0.2, 0.25) is 0 Å². The molecule has 2 heterocycles. The first-order chi connectivity index (χ1) is 20.0. The number of rotatable bonds is 11. The van der Waals surface area contributed by atoms with Crippen molar-refractivity contribution in [1.29, 1.82) is 0 Å². The van der Waals surface area contributed by atoms with Crippen LogP contribution in [0.4, 0.5) is 10.5 Å². The molecular weight excluding hydrogens is 536 g/mol. The first-order valence-corrected chi connectivity index (χ1v) is 14.1. The highest BCUT2D eigenvalue weighted by molar-refractivity contribution is 5.91. The molecule has 1 amide bonds. The van der Waals surface area contributed by atoms with Crippen LogP contribution < -0.4 is 5.32 Å². The van der Waals surface area contributed by atoms with E-state index >= 15 is 0 Å². The topological polar surface area (TPSA) is 141 Å². The number of anilines is 1. The van der Waals surface area contributed by atoms with Crippen LogP contribution in [-0.4, -0.2) is 63.6 Å². The minimum Gasteiger partial charge on any atom is -0.479 e. The van der Waals surface area contributed by atoms with E-state index in [0.29, 0.717) is 17.2 Å². The van der Waals surface area contributed by atoms with E-state index in [9.17, 15) is 9.59 Å². The molecule has 1 atom stereocenters. The number of carboxylic acid groups (broad SMARTS) is 1. The van der Waals surface area contributed by atoms with Gasteiger partial charge in [0.1, 0.15) is 11.3 Å². The van der Waals surface area contributed by atoms with Crippen LogP contribution in [-0.2, 0) is 22.4 Å². The second kappa shape index (κ2) is 15.2. The number of aromatic nitrogens is 2. The number of likely N-dealkylation sites (N-methyl/N-ethyl adjacent to an activating group) is 1. The van der Waals surface area contributed by atoms with E-state index < -0.39 is 18.2 Å². The average molecular weight is 579 g/mol. The van der Waals surface area contributed by atoms with Crippen LogP contribution in [0.5, 0.6) is 0 Å². The Balaban J connectivity index is 0.000000369. The molecule has 4 N–H and O–H groups in total. The number of nitrogens with zero attached hydrogens (tertiary/aromatic N) is 2. The summed E-state index contributed by atoms with van der Waals surface area (Å²) in [5, 5.41) is 28.6. The fourth-order valence-corrected chi connectivity index (χ4v) is 4.55.